The van der Waals surface area contributed by atoms with Crippen LogP contribution in [0.1, 0.15) is 38.7 Å². The van der Waals surface area contributed by atoms with Crippen LogP contribution in [0.4, 0.5) is 10.5 Å². The number of hydrogen-bond acceptors (Lipinski definition) is 2. The molecule has 1 saturated carbocycles. The second-order valence-corrected chi connectivity index (χ2v) is 6.33. The van der Waals surface area contributed by atoms with Gasteiger partial charge in [0.15, 0.2) is 5.96 Å². The Hall–Kier alpha value is -2.24. The molecule has 5 N–H and O–H groups in total. The summed E-state index contributed by atoms with van der Waals surface area (Å²) in [5.74, 6) is 1.25. The first kappa shape index (κ1) is 17.1. The Bertz CT molecular complexity index is 534. The SMILES string of the molecule is CC(C)NC(=O)Nc1ccc(CN=C(N)NCC2CCC2)cc1. The van der Waals surface area contributed by atoms with Crippen LogP contribution in [-0.4, -0.2) is 24.6 Å². The van der Waals surface area contributed by atoms with Crippen molar-refractivity contribution in [2.75, 3.05) is 11.9 Å². The molecule has 0 heterocycles. The van der Waals surface area contributed by atoms with Gasteiger partial charge in [0, 0.05) is 18.3 Å². The first-order valence-corrected chi connectivity index (χ1v) is 8.23. The predicted octanol–water partition coefficient (Wildman–Crippen LogP) is 2.42. The molecule has 0 bridgehead atoms. The van der Waals surface area contributed by atoms with Crippen LogP contribution in [0, 0.1) is 5.92 Å². The van der Waals surface area contributed by atoms with E-state index in [1.165, 1.54) is 19.3 Å². The summed E-state index contributed by atoms with van der Waals surface area (Å²) in [6.07, 6.45) is 3.91. The number of hydrogen-bond donors (Lipinski definition) is 4. The highest BCUT2D eigenvalue weighted by Gasteiger charge is 2.16. The van der Waals surface area contributed by atoms with Crippen molar-refractivity contribution >= 4 is 17.7 Å². The molecular weight excluding hydrogens is 290 g/mol. The summed E-state index contributed by atoms with van der Waals surface area (Å²) in [4.78, 5) is 15.9. The van der Waals surface area contributed by atoms with Gasteiger partial charge in [-0.05, 0) is 50.3 Å². The van der Waals surface area contributed by atoms with E-state index >= 15 is 0 Å². The van der Waals surface area contributed by atoms with Crippen molar-refractivity contribution in [1.82, 2.24) is 10.6 Å². The Morgan fingerprint density at radius 1 is 1.30 bits per heavy atom. The molecule has 0 aliphatic heterocycles. The number of nitrogens with one attached hydrogen (secondary N) is 3. The van der Waals surface area contributed by atoms with Crippen molar-refractivity contribution in [3.05, 3.63) is 29.8 Å². The van der Waals surface area contributed by atoms with Gasteiger partial charge < -0.3 is 21.7 Å². The summed E-state index contributed by atoms with van der Waals surface area (Å²) in [5.41, 5.74) is 7.67. The van der Waals surface area contributed by atoms with Gasteiger partial charge in [-0.25, -0.2) is 9.79 Å². The molecule has 6 heteroatoms. The van der Waals surface area contributed by atoms with E-state index in [4.69, 9.17) is 5.73 Å². The molecular formula is C17H27N5O. The number of amides is 2. The van der Waals surface area contributed by atoms with Crippen molar-refractivity contribution < 1.29 is 4.79 Å². The minimum Gasteiger partial charge on any atom is -0.370 e. The predicted molar refractivity (Wildman–Crippen MR) is 94.4 cm³/mol. The van der Waals surface area contributed by atoms with Gasteiger partial charge >= 0.3 is 6.03 Å². The lowest BCUT2D eigenvalue weighted by molar-refractivity contribution is 0.250. The highest BCUT2D eigenvalue weighted by molar-refractivity contribution is 5.89. The van der Waals surface area contributed by atoms with Crippen molar-refractivity contribution in [1.29, 1.82) is 0 Å². The van der Waals surface area contributed by atoms with Gasteiger partial charge in [-0.1, -0.05) is 18.6 Å². The number of carbonyl (C=O) groups is 1. The Kier molecular flexibility index (Phi) is 6.26. The number of carbonyl (C=O) groups excluding carboxylic acids is 1. The van der Waals surface area contributed by atoms with E-state index in [2.05, 4.69) is 20.9 Å². The van der Waals surface area contributed by atoms with Gasteiger partial charge in [0.05, 0.1) is 6.54 Å². The minimum atomic E-state index is -0.199. The highest BCUT2D eigenvalue weighted by atomic mass is 16.2. The van der Waals surface area contributed by atoms with Crippen LogP contribution in [0.15, 0.2) is 29.3 Å². The van der Waals surface area contributed by atoms with Crippen molar-refractivity contribution in [3.63, 3.8) is 0 Å². The fraction of sp³-hybridized carbons (Fsp3) is 0.529. The fourth-order valence-electron chi connectivity index (χ4n) is 2.30. The largest absolute Gasteiger partial charge is 0.370 e. The Morgan fingerprint density at radius 2 is 2.00 bits per heavy atom. The van der Waals surface area contributed by atoms with Gasteiger partial charge in [-0.15, -0.1) is 0 Å². The van der Waals surface area contributed by atoms with Crippen LogP contribution in [0.3, 0.4) is 0 Å². The van der Waals surface area contributed by atoms with E-state index < -0.39 is 0 Å². The Balaban J connectivity index is 1.76. The number of benzene rings is 1. The number of urea groups is 1. The Labute approximate surface area is 137 Å². The van der Waals surface area contributed by atoms with Crippen LogP contribution < -0.4 is 21.7 Å². The van der Waals surface area contributed by atoms with Crippen molar-refractivity contribution in [3.8, 4) is 0 Å². The normalized spacial score (nSPS) is 15.2. The summed E-state index contributed by atoms with van der Waals surface area (Å²) < 4.78 is 0. The van der Waals surface area contributed by atoms with E-state index in [9.17, 15) is 4.79 Å². The molecule has 0 atom stereocenters. The van der Waals surface area contributed by atoms with Gasteiger partial charge in [-0.2, -0.15) is 0 Å². The molecule has 0 saturated heterocycles. The molecule has 0 spiro atoms. The molecule has 1 aliphatic carbocycles. The van der Waals surface area contributed by atoms with Crippen molar-refractivity contribution in [2.45, 2.75) is 45.7 Å². The van der Waals surface area contributed by atoms with Crippen LogP contribution >= 0.6 is 0 Å². The maximum absolute atomic E-state index is 11.6. The van der Waals surface area contributed by atoms with E-state index in [1.807, 2.05) is 38.1 Å². The summed E-state index contributed by atoms with van der Waals surface area (Å²) in [7, 11) is 0. The first-order chi connectivity index (χ1) is 11.0. The Morgan fingerprint density at radius 3 is 2.57 bits per heavy atom. The average Bonchev–Trinajstić information content (AvgIpc) is 2.44. The zero-order chi connectivity index (χ0) is 16.7. The first-order valence-electron chi connectivity index (χ1n) is 8.23. The molecule has 23 heavy (non-hydrogen) atoms. The standard InChI is InChI=1S/C17H27N5O/c1-12(2)21-17(23)22-15-8-6-14(7-9-15)11-20-16(18)19-10-13-4-3-5-13/h6-9,12-13H,3-5,10-11H2,1-2H3,(H3,18,19,20)(H2,21,22,23). The second kappa shape index (κ2) is 8.41. The van der Waals surface area contributed by atoms with Crippen LogP contribution in [-0.2, 0) is 6.54 Å². The monoisotopic (exact) mass is 317 g/mol. The molecule has 6 nitrogen and oxygen atoms in total. The smallest absolute Gasteiger partial charge is 0.319 e. The number of anilines is 1. The average molecular weight is 317 g/mol. The number of guanidine groups is 1. The zero-order valence-corrected chi connectivity index (χ0v) is 13.9. The van der Waals surface area contributed by atoms with E-state index in [0.29, 0.717) is 12.5 Å². The van der Waals surface area contributed by atoms with Crippen LogP contribution in [0.5, 0.6) is 0 Å². The maximum atomic E-state index is 11.6. The molecule has 2 amide bonds. The van der Waals surface area contributed by atoms with E-state index in [1.54, 1.807) is 0 Å². The molecule has 2 rings (SSSR count). The zero-order valence-electron chi connectivity index (χ0n) is 13.9. The molecule has 126 valence electrons. The second-order valence-electron chi connectivity index (χ2n) is 6.33. The van der Waals surface area contributed by atoms with E-state index in [-0.39, 0.29) is 12.1 Å². The lowest BCUT2D eigenvalue weighted by Crippen LogP contribution is -2.37. The quantitative estimate of drug-likeness (QED) is 0.479. The minimum absolute atomic E-state index is 0.110. The number of nitrogens with two attached hydrogens (primary N) is 1. The molecule has 0 aromatic heterocycles. The van der Waals surface area contributed by atoms with Crippen LogP contribution in [0.25, 0.3) is 0 Å². The molecule has 1 fully saturated rings. The van der Waals surface area contributed by atoms with Crippen LogP contribution in [0.2, 0.25) is 0 Å². The third-order valence-corrected chi connectivity index (χ3v) is 3.86. The maximum Gasteiger partial charge on any atom is 0.319 e. The molecule has 0 radical (unpaired) electrons. The topological polar surface area (TPSA) is 91.5 Å². The number of aliphatic imine (C=N–C) groups is 1. The van der Waals surface area contributed by atoms with E-state index in [0.717, 1.165) is 23.7 Å². The summed E-state index contributed by atoms with van der Waals surface area (Å²) in [6, 6.07) is 7.52. The highest BCUT2D eigenvalue weighted by Crippen LogP contribution is 2.24. The molecule has 1 aromatic carbocycles. The lowest BCUT2D eigenvalue weighted by atomic mass is 9.85. The van der Waals surface area contributed by atoms with Gasteiger partial charge in [0.25, 0.3) is 0 Å². The summed E-state index contributed by atoms with van der Waals surface area (Å²) in [5, 5.41) is 8.74. The van der Waals surface area contributed by atoms with Gasteiger partial charge in [0.2, 0.25) is 0 Å². The number of rotatable bonds is 6. The molecule has 1 aromatic rings. The number of nitrogens with zero attached hydrogens (tertiary/aromatic N) is 1. The lowest BCUT2D eigenvalue weighted by Gasteiger charge is -2.25. The third-order valence-electron chi connectivity index (χ3n) is 3.86. The third kappa shape index (κ3) is 6.18. The van der Waals surface area contributed by atoms with Crippen molar-refractivity contribution in [2.24, 2.45) is 16.6 Å². The molecule has 0 unspecified atom stereocenters. The van der Waals surface area contributed by atoms with Gasteiger partial charge in [-0.3, -0.25) is 0 Å². The summed E-state index contributed by atoms with van der Waals surface area (Å²) in [6.45, 7) is 5.29. The van der Waals surface area contributed by atoms with Gasteiger partial charge in [0.1, 0.15) is 0 Å². The summed E-state index contributed by atoms with van der Waals surface area (Å²) >= 11 is 0. The fourth-order valence-corrected chi connectivity index (χ4v) is 2.30. The molecule has 1 aliphatic rings.